The number of ether oxygens (including phenoxy) is 1. The third-order valence-corrected chi connectivity index (χ3v) is 2.97. The van der Waals surface area contributed by atoms with E-state index < -0.39 is 6.10 Å². The Hall–Kier alpha value is -2.29. The van der Waals surface area contributed by atoms with E-state index in [0.717, 1.165) is 17.0 Å². The molecule has 1 aliphatic rings. The van der Waals surface area contributed by atoms with Gasteiger partial charge in [-0.05, 0) is 17.7 Å². The second-order valence-corrected chi connectivity index (χ2v) is 4.28. The molecule has 1 N–H and O–H groups in total. The minimum atomic E-state index is -0.456. The fourth-order valence-corrected chi connectivity index (χ4v) is 2.06. The molecule has 1 heterocycles. The average molecular weight is 239 g/mol. The molecule has 90 valence electrons. The van der Waals surface area contributed by atoms with Gasteiger partial charge in [-0.25, -0.2) is 0 Å². The minimum Gasteiger partial charge on any atom is -0.478 e. The summed E-state index contributed by atoms with van der Waals surface area (Å²) in [6, 6.07) is 17.4. The predicted octanol–water partition coefficient (Wildman–Crippen LogP) is 2.63. The highest BCUT2D eigenvalue weighted by molar-refractivity contribution is 5.97. The molecule has 1 aliphatic heterocycles. The molecule has 1 amide bonds. The highest BCUT2D eigenvalue weighted by Crippen LogP contribution is 2.29. The van der Waals surface area contributed by atoms with E-state index in [1.807, 2.05) is 54.6 Å². The van der Waals surface area contributed by atoms with Crippen LogP contribution in [0.4, 0.5) is 5.69 Å². The zero-order valence-electron chi connectivity index (χ0n) is 9.80. The van der Waals surface area contributed by atoms with Crippen molar-refractivity contribution in [2.45, 2.75) is 12.5 Å². The Morgan fingerprint density at radius 1 is 1.00 bits per heavy atom. The van der Waals surface area contributed by atoms with E-state index in [0.29, 0.717) is 6.42 Å². The lowest BCUT2D eigenvalue weighted by molar-refractivity contribution is -0.123. The van der Waals surface area contributed by atoms with E-state index in [1.165, 1.54) is 0 Å². The van der Waals surface area contributed by atoms with E-state index in [1.54, 1.807) is 0 Å². The van der Waals surface area contributed by atoms with Gasteiger partial charge in [0.25, 0.3) is 5.91 Å². The third-order valence-electron chi connectivity index (χ3n) is 2.97. The molecule has 1 atom stereocenters. The highest BCUT2D eigenvalue weighted by atomic mass is 16.5. The van der Waals surface area contributed by atoms with Crippen LogP contribution < -0.4 is 10.1 Å². The van der Waals surface area contributed by atoms with Crippen molar-refractivity contribution in [3.8, 4) is 5.75 Å². The van der Waals surface area contributed by atoms with Crippen LogP contribution in [0.2, 0.25) is 0 Å². The van der Waals surface area contributed by atoms with Gasteiger partial charge in [-0.2, -0.15) is 0 Å². The van der Waals surface area contributed by atoms with Crippen molar-refractivity contribution in [1.82, 2.24) is 0 Å². The average Bonchev–Trinajstić information content (AvgIpc) is 2.41. The second kappa shape index (κ2) is 4.53. The van der Waals surface area contributed by atoms with Crippen LogP contribution in [0.1, 0.15) is 5.56 Å². The lowest BCUT2D eigenvalue weighted by Gasteiger charge is -2.25. The number of rotatable bonds is 2. The van der Waals surface area contributed by atoms with E-state index in [-0.39, 0.29) is 5.91 Å². The van der Waals surface area contributed by atoms with Crippen molar-refractivity contribution in [3.63, 3.8) is 0 Å². The molecule has 0 bridgehead atoms. The number of anilines is 1. The van der Waals surface area contributed by atoms with E-state index in [4.69, 9.17) is 4.74 Å². The van der Waals surface area contributed by atoms with E-state index >= 15 is 0 Å². The van der Waals surface area contributed by atoms with Crippen LogP contribution >= 0.6 is 0 Å². The molecule has 3 nitrogen and oxygen atoms in total. The van der Waals surface area contributed by atoms with Gasteiger partial charge in [-0.15, -0.1) is 0 Å². The SMILES string of the molecule is O=C1Nc2ccccc2O[C@H]1Cc1ccccc1. The number of carbonyl (C=O) groups is 1. The van der Waals surface area contributed by atoms with Crippen LogP contribution in [-0.4, -0.2) is 12.0 Å². The summed E-state index contributed by atoms with van der Waals surface area (Å²) in [7, 11) is 0. The first kappa shape index (κ1) is 10.8. The molecule has 0 aliphatic carbocycles. The Labute approximate surface area is 105 Å². The highest BCUT2D eigenvalue weighted by Gasteiger charge is 2.27. The summed E-state index contributed by atoms with van der Waals surface area (Å²) in [5.41, 5.74) is 1.84. The van der Waals surface area contributed by atoms with Gasteiger partial charge in [0.15, 0.2) is 6.10 Å². The smallest absolute Gasteiger partial charge is 0.265 e. The van der Waals surface area contributed by atoms with Crippen molar-refractivity contribution in [3.05, 3.63) is 60.2 Å². The normalized spacial score (nSPS) is 17.6. The van der Waals surface area contributed by atoms with Gasteiger partial charge in [0, 0.05) is 6.42 Å². The van der Waals surface area contributed by atoms with Gasteiger partial charge in [0.1, 0.15) is 5.75 Å². The first-order valence-electron chi connectivity index (χ1n) is 5.93. The van der Waals surface area contributed by atoms with Gasteiger partial charge in [0.05, 0.1) is 5.69 Å². The van der Waals surface area contributed by atoms with Gasteiger partial charge in [-0.1, -0.05) is 42.5 Å². The zero-order chi connectivity index (χ0) is 12.4. The van der Waals surface area contributed by atoms with Gasteiger partial charge >= 0.3 is 0 Å². The first-order valence-corrected chi connectivity index (χ1v) is 5.93. The predicted molar refractivity (Wildman–Crippen MR) is 69.6 cm³/mol. The van der Waals surface area contributed by atoms with Crippen LogP contribution in [0.25, 0.3) is 0 Å². The van der Waals surface area contributed by atoms with Crippen LogP contribution in [0.15, 0.2) is 54.6 Å². The summed E-state index contributed by atoms with van der Waals surface area (Å²) in [5.74, 6) is 0.649. The lowest BCUT2D eigenvalue weighted by atomic mass is 10.1. The molecule has 0 saturated heterocycles. The largest absolute Gasteiger partial charge is 0.478 e. The quantitative estimate of drug-likeness (QED) is 0.874. The molecule has 0 aromatic heterocycles. The number of nitrogens with one attached hydrogen (secondary N) is 1. The summed E-state index contributed by atoms with van der Waals surface area (Å²) >= 11 is 0. The fraction of sp³-hybridized carbons (Fsp3) is 0.133. The van der Waals surface area contributed by atoms with Crippen molar-refractivity contribution >= 4 is 11.6 Å². The van der Waals surface area contributed by atoms with Crippen molar-refractivity contribution in [2.75, 3.05) is 5.32 Å². The number of hydrogen-bond acceptors (Lipinski definition) is 2. The molecule has 3 heteroatoms. The molecular weight excluding hydrogens is 226 g/mol. The molecule has 0 saturated carbocycles. The Morgan fingerprint density at radius 3 is 2.56 bits per heavy atom. The molecule has 3 rings (SSSR count). The van der Waals surface area contributed by atoms with Crippen LogP contribution in [0.3, 0.4) is 0 Å². The number of hydrogen-bond donors (Lipinski definition) is 1. The third kappa shape index (κ3) is 2.07. The summed E-state index contributed by atoms with van der Waals surface area (Å²) < 4.78 is 5.74. The standard InChI is InChI=1S/C15H13NO2/c17-15-14(10-11-6-2-1-3-7-11)18-13-9-5-4-8-12(13)16-15/h1-9,14H,10H2,(H,16,17)/t14-/m0/s1. The monoisotopic (exact) mass is 239 g/mol. The van der Waals surface area contributed by atoms with Gasteiger partial charge < -0.3 is 10.1 Å². The molecule has 0 fully saturated rings. The number of para-hydroxylation sites is 2. The second-order valence-electron chi connectivity index (χ2n) is 4.28. The molecule has 0 spiro atoms. The van der Waals surface area contributed by atoms with Crippen molar-refractivity contribution in [1.29, 1.82) is 0 Å². The van der Waals surface area contributed by atoms with Crippen molar-refractivity contribution in [2.24, 2.45) is 0 Å². The molecule has 0 radical (unpaired) electrons. The Balaban J connectivity index is 1.81. The minimum absolute atomic E-state index is 0.0856. The van der Waals surface area contributed by atoms with Crippen LogP contribution in [0.5, 0.6) is 5.75 Å². The number of carbonyl (C=O) groups excluding carboxylic acids is 1. The maximum atomic E-state index is 11.9. The maximum absolute atomic E-state index is 11.9. The number of benzene rings is 2. The number of amides is 1. The summed E-state index contributed by atoms with van der Waals surface area (Å²) in [6.07, 6.45) is 0.128. The first-order chi connectivity index (χ1) is 8.83. The fourth-order valence-electron chi connectivity index (χ4n) is 2.06. The summed E-state index contributed by atoms with van der Waals surface area (Å²) in [6.45, 7) is 0. The zero-order valence-corrected chi connectivity index (χ0v) is 9.80. The Morgan fingerprint density at radius 2 is 1.72 bits per heavy atom. The van der Waals surface area contributed by atoms with Crippen LogP contribution in [-0.2, 0) is 11.2 Å². The molecule has 2 aromatic carbocycles. The molecule has 0 unspecified atom stereocenters. The van der Waals surface area contributed by atoms with Crippen LogP contribution in [0, 0.1) is 0 Å². The lowest BCUT2D eigenvalue weighted by Crippen LogP contribution is -2.38. The Kier molecular flexibility index (Phi) is 2.73. The maximum Gasteiger partial charge on any atom is 0.265 e. The molecule has 18 heavy (non-hydrogen) atoms. The van der Waals surface area contributed by atoms with Gasteiger partial charge in [-0.3, -0.25) is 4.79 Å². The molecule has 2 aromatic rings. The topological polar surface area (TPSA) is 38.3 Å². The van der Waals surface area contributed by atoms with E-state index in [9.17, 15) is 4.79 Å². The Bertz CT molecular complexity index is 566. The number of fused-ring (bicyclic) bond motifs is 1. The van der Waals surface area contributed by atoms with E-state index in [2.05, 4.69) is 5.32 Å². The molecular formula is C15H13NO2. The summed E-state index contributed by atoms with van der Waals surface area (Å²) in [4.78, 5) is 11.9. The van der Waals surface area contributed by atoms with Gasteiger partial charge in [0.2, 0.25) is 0 Å². The summed E-state index contributed by atoms with van der Waals surface area (Å²) in [5, 5.41) is 2.87. The van der Waals surface area contributed by atoms with Crippen molar-refractivity contribution < 1.29 is 9.53 Å².